The van der Waals surface area contributed by atoms with Crippen molar-refractivity contribution in [1.82, 2.24) is 4.98 Å². The molecule has 2 nitrogen and oxygen atoms in total. The van der Waals surface area contributed by atoms with E-state index in [1.54, 1.807) is 11.3 Å². The molecule has 0 fully saturated rings. The van der Waals surface area contributed by atoms with E-state index < -0.39 is 0 Å². The first kappa shape index (κ1) is 12.4. The van der Waals surface area contributed by atoms with E-state index in [9.17, 15) is 0 Å². The van der Waals surface area contributed by atoms with E-state index in [1.165, 1.54) is 0 Å². The largest absolute Gasteiger partial charge is 0.361 e. The maximum atomic E-state index is 5.97. The van der Waals surface area contributed by atoms with E-state index in [2.05, 4.69) is 24.1 Å². The Hall–Kier alpha value is -1.06. The van der Waals surface area contributed by atoms with Gasteiger partial charge in [-0.25, -0.2) is 4.98 Å². The van der Waals surface area contributed by atoms with Crippen molar-refractivity contribution in [3.05, 3.63) is 35.5 Å². The van der Waals surface area contributed by atoms with Gasteiger partial charge in [-0.3, -0.25) is 0 Å². The average molecular weight is 267 g/mol. The summed E-state index contributed by atoms with van der Waals surface area (Å²) in [6.07, 6.45) is 1.89. The fraction of sp³-hybridized carbons (Fsp3) is 0.308. The van der Waals surface area contributed by atoms with Crippen molar-refractivity contribution in [2.75, 3.05) is 11.9 Å². The van der Waals surface area contributed by atoms with Crippen molar-refractivity contribution in [2.24, 2.45) is 5.92 Å². The second kappa shape index (κ2) is 5.52. The van der Waals surface area contributed by atoms with Gasteiger partial charge in [-0.1, -0.05) is 48.9 Å². The predicted molar refractivity (Wildman–Crippen MR) is 75.9 cm³/mol. The first-order chi connectivity index (χ1) is 8.15. The standard InChI is InChI=1S/C13H15ClN2S/c1-9(2)7-15-13-16-8-12(17-13)10-4-3-5-11(14)6-10/h3-6,8-9H,7H2,1-2H3,(H,15,16). The van der Waals surface area contributed by atoms with Gasteiger partial charge in [0.15, 0.2) is 5.13 Å². The van der Waals surface area contributed by atoms with Crippen LogP contribution in [0.1, 0.15) is 13.8 Å². The molecule has 0 unspecified atom stereocenters. The maximum absolute atomic E-state index is 5.97. The van der Waals surface area contributed by atoms with Gasteiger partial charge >= 0.3 is 0 Å². The highest BCUT2D eigenvalue weighted by molar-refractivity contribution is 7.18. The fourth-order valence-electron chi connectivity index (χ4n) is 1.42. The smallest absolute Gasteiger partial charge is 0.183 e. The Morgan fingerprint density at radius 2 is 2.24 bits per heavy atom. The summed E-state index contributed by atoms with van der Waals surface area (Å²) in [4.78, 5) is 5.50. The molecule has 0 aliphatic rings. The molecule has 90 valence electrons. The first-order valence-corrected chi connectivity index (χ1v) is 6.80. The minimum Gasteiger partial charge on any atom is -0.361 e. The second-order valence-corrected chi connectivity index (χ2v) is 5.78. The van der Waals surface area contributed by atoms with Crippen LogP contribution in [-0.2, 0) is 0 Å². The molecular formula is C13H15ClN2S. The van der Waals surface area contributed by atoms with Gasteiger partial charge in [-0.15, -0.1) is 0 Å². The highest BCUT2D eigenvalue weighted by atomic mass is 35.5. The molecule has 4 heteroatoms. The number of nitrogens with zero attached hydrogens (tertiary/aromatic N) is 1. The van der Waals surface area contributed by atoms with Crippen LogP contribution < -0.4 is 5.32 Å². The highest BCUT2D eigenvalue weighted by Crippen LogP contribution is 2.30. The molecule has 1 aromatic heterocycles. The van der Waals surface area contributed by atoms with Crippen molar-refractivity contribution in [1.29, 1.82) is 0 Å². The van der Waals surface area contributed by atoms with E-state index in [0.717, 1.165) is 27.1 Å². The summed E-state index contributed by atoms with van der Waals surface area (Å²) in [5.41, 5.74) is 1.12. The molecular weight excluding hydrogens is 252 g/mol. The lowest BCUT2D eigenvalue weighted by atomic mass is 10.2. The summed E-state index contributed by atoms with van der Waals surface area (Å²) in [6.45, 7) is 5.31. The maximum Gasteiger partial charge on any atom is 0.183 e. The Bertz CT molecular complexity index is 494. The van der Waals surface area contributed by atoms with Gasteiger partial charge in [0.25, 0.3) is 0 Å². The summed E-state index contributed by atoms with van der Waals surface area (Å²) >= 11 is 7.63. The zero-order valence-electron chi connectivity index (χ0n) is 9.90. The van der Waals surface area contributed by atoms with E-state index in [4.69, 9.17) is 11.6 Å². The molecule has 0 aliphatic carbocycles. The monoisotopic (exact) mass is 266 g/mol. The minimum atomic E-state index is 0.619. The molecule has 0 radical (unpaired) electrons. The van der Waals surface area contributed by atoms with Crippen LogP contribution in [0.15, 0.2) is 30.5 Å². The van der Waals surface area contributed by atoms with Crippen LogP contribution in [0.2, 0.25) is 5.02 Å². The molecule has 0 bridgehead atoms. The van der Waals surface area contributed by atoms with Crippen molar-refractivity contribution in [2.45, 2.75) is 13.8 Å². The van der Waals surface area contributed by atoms with Gasteiger partial charge in [0.05, 0.1) is 4.88 Å². The molecule has 0 amide bonds. The molecule has 2 aromatic rings. The summed E-state index contributed by atoms with van der Waals surface area (Å²) in [6, 6.07) is 7.84. The highest BCUT2D eigenvalue weighted by Gasteiger charge is 2.05. The van der Waals surface area contributed by atoms with Crippen LogP contribution in [-0.4, -0.2) is 11.5 Å². The molecule has 0 atom stereocenters. The van der Waals surface area contributed by atoms with Crippen LogP contribution in [0.25, 0.3) is 10.4 Å². The number of benzene rings is 1. The Kier molecular flexibility index (Phi) is 4.02. The third-order valence-electron chi connectivity index (χ3n) is 2.28. The predicted octanol–water partition coefficient (Wildman–Crippen LogP) is 4.53. The molecule has 0 saturated heterocycles. The van der Waals surface area contributed by atoms with Crippen molar-refractivity contribution >= 4 is 28.1 Å². The topological polar surface area (TPSA) is 24.9 Å². The summed E-state index contributed by atoms with van der Waals surface area (Å²) in [7, 11) is 0. The number of hydrogen-bond donors (Lipinski definition) is 1. The van der Waals surface area contributed by atoms with Gasteiger partial charge < -0.3 is 5.32 Å². The molecule has 2 rings (SSSR count). The van der Waals surface area contributed by atoms with Crippen molar-refractivity contribution in [3.63, 3.8) is 0 Å². The molecule has 1 heterocycles. The minimum absolute atomic E-state index is 0.619. The summed E-state index contributed by atoms with van der Waals surface area (Å²) < 4.78 is 0. The molecule has 17 heavy (non-hydrogen) atoms. The average Bonchev–Trinajstić information content (AvgIpc) is 2.75. The lowest BCUT2D eigenvalue weighted by Crippen LogP contribution is -2.07. The van der Waals surface area contributed by atoms with Crippen molar-refractivity contribution in [3.8, 4) is 10.4 Å². The third kappa shape index (κ3) is 3.45. The van der Waals surface area contributed by atoms with Gasteiger partial charge in [0.2, 0.25) is 0 Å². The number of thiazole rings is 1. The SMILES string of the molecule is CC(C)CNc1ncc(-c2cccc(Cl)c2)s1. The number of halogens is 1. The summed E-state index contributed by atoms with van der Waals surface area (Å²) in [5.74, 6) is 0.619. The Morgan fingerprint density at radius 3 is 2.94 bits per heavy atom. The number of nitrogens with one attached hydrogen (secondary N) is 1. The van der Waals surface area contributed by atoms with Crippen LogP contribution in [0.3, 0.4) is 0 Å². The molecule has 1 N–H and O–H groups in total. The Morgan fingerprint density at radius 1 is 1.41 bits per heavy atom. The summed E-state index contributed by atoms with van der Waals surface area (Å²) in [5, 5.41) is 5.05. The normalized spacial score (nSPS) is 10.8. The lowest BCUT2D eigenvalue weighted by molar-refractivity contribution is 0.688. The molecule has 0 spiro atoms. The molecule has 1 aromatic carbocycles. The van der Waals surface area contributed by atoms with Crippen molar-refractivity contribution < 1.29 is 0 Å². The van der Waals surface area contributed by atoms with Crippen LogP contribution in [0, 0.1) is 5.92 Å². The zero-order chi connectivity index (χ0) is 12.3. The van der Waals surface area contributed by atoms with Crippen LogP contribution in [0.5, 0.6) is 0 Å². The molecule has 0 aliphatic heterocycles. The van der Waals surface area contributed by atoms with E-state index in [1.807, 2.05) is 30.5 Å². The van der Waals surface area contributed by atoms with Crippen LogP contribution in [0.4, 0.5) is 5.13 Å². The zero-order valence-corrected chi connectivity index (χ0v) is 11.5. The van der Waals surface area contributed by atoms with Gasteiger partial charge in [0, 0.05) is 17.8 Å². The van der Waals surface area contributed by atoms with Gasteiger partial charge in [-0.05, 0) is 23.6 Å². The van der Waals surface area contributed by atoms with E-state index >= 15 is 0 Å². The second-order valence-electron chi connectivity index (χ2n) is 4.31. The van der Waals surface area contributed by atoms with E-state index in [-0.39, 0.29) is 0 Å². The van der Waals surface area contributed by atoms with Crippen LogP contribution >= 0.6 is 22.9 Å². The van der Waals surface area contributed by atoms with E-state index in [0.29, 0.717) is 5.92 Å². The Labute approximate surface area is 111 Å². The van der Waals surface area contributed by atoms with Gasteiger partial charge in [0.1, 0.15) is 0 Å². The number of anilines is 1. The number of aromatic nitrogens is 1. The Balaban J connectivity index is 2.12. The molecule has 0 saturated carbocycles. The number of hydrogen-bond acceptors (Lipinski definition) is 3. The first-order valence-electron chi connectivity index (χ1n) is 5.61. The third-order valence-corrected chi connectivity index (χ3v) is 3.52. The quantitative estimate of drug-likeness (QED) is 0.879. The number of rotatable bonds is 4. The fourth-order valence-corrected chi connectivity index (χ4v) is 2.43. The van der Waals surface area contributed by atoms with Gasteiger partial charge in [-0.2, -0.15) is 0 Å². The lowest BCUT2D eigenvalue weighted by Gasteiger charge is -2.04.